The van der Waals surface area contributed by atoms with Crippen LogP contribution in [0.1, 0.15) is 49.7 Å². The Morgan fingerprint density at radius 3 is 2.46 bits per heavy atom. The van der Waals surface area contributed by atoms with Gasteiger partial charge in [0.2, 0.25) is 5.78 Å². The van der Waals surface area contributed by atoms with Crippen LogP contribution in [0.3, 0.4) is 0 Å². The van der Waals surface area contributed by atoms with Crippen LogP contribution in [-0.2, 0) is 14.3 Å². The van der Waals surface area contributed by atoms with E-state index < -0.39 is 24.3 Å². The van der Waals surface area contributed by atoms with Crippen molar-refractivity contribution in [3.05, 3.63) is 51.8 Å². The minimum Gasteiger partial charge on any atom is -0.493 e. The summed E-state index contributed by atoms with van der Waals surface area (Å²) in [4.78, 5) is 38.9. The summed E-state index contributed by atoms with van der Waals surface area (Å²) < 4.78 is 15.4. The van der Waals surface area contributed by atoms with E-state index in [1.807, 2.05) is 32.0 Å². The molecule has 0 bridgehead atoms. The van der Waals surface area contributed by atoms with E-state index in [0.29, 0.717) is 16.8 Å². The molecule has 28 heavy (non-hydrogen) atoms. The van der Waals surface area contributed by atoms with Gasteiger partial charge in [-0.2, -0.15) is 0 Å². The number of methoxy groups -OCH3 is 1. The summed E-state index contributed by atoms with van der Waals surface area (Å²) in [5.74, 6) is -0.755. The van der Waals surface area contributed by atoms with Crippen LogP contribution in [0.5, 0.6) is 5.75 Å². The Bertz CT molecular complexity index is 897. The van der Waals surface area contributed by atoms with Crippen LogP contribution < -0.4 is 4.74 Å². The highest BCUT2D eigenvalue weighted by molar-refractivity contribution is 6.02. The lowest BCUT2D eigenvalue weighted by atomic mass is 10.1. The summed E-state index contributed by atoms with van der Waals surface area (Å²) in [6, 6.07) is 5.84. The summed E-state index contributed by atoms with van der Waals surface area (Å²) in [5, 5.41) is 0. The number of esters is 2. The standard InChI is InChI=1S/C21H25NO6/c1-12-6-7-13(2)17(10-12)27-9-8-18(24)28-11-16(23)20-14(3)19(15(4)22-20)21(25)26-5/h6-7,10,22H,8-9,11H2,1-5H3. The second-order valence-electron chi connectivity index (χ2n) is 6.57. The number of ketones is 1. The second-order valence-corrected chi connectivity index (χ2v) is 6.57. The minimum absolute atomic E-state index is 0.0246. The molecule has 0 unspecified atom stereocenters. The quantitative estimate of drug-likeness (QED) is 0.552. The summed E-state index contributed by atoms with van der Waals surface area (Å²) in [6.45, 7) is 6.95. The van der Waals surface area contributed by atoms with E-state index in [0.717, 1.165) is 16.9 Å². The lowest BCUT2D eigenvalue weighted by Crippen LogP contribution is -2.17. The highest BCUT2D eigenvalue weighted by Gasteiger charge is 2.23. The molecule has 1 heterocycles. The van der Waals surface area contributed by atoms with Crippen molar-refractivity contribution in [1.29, 1.82) is 0 Å². The molecule has 150 valence electrons. The Morgan fingerprint density at radius 2 is 1.79 bits per heavy atom. The number of ether oxygens (including phenoxy) is 3. The van der Waals surface area contributed by atoms with Crippen LogP contribution in [0.15, 0.2) is 18.2 Å². The van der Waals surface area contributed by atoms with Gasteiger partial charge in [0.05, 0.1) is 31.4 Å². The van der Waals surface area contributed by atoms with Gasteiger partial charge in [0.1, 0.15) is 5.75 Å². The van der Waals surface area contributed by atoms with Gasteiger partial charge in [-0.3, -0.25) is 9.59 Å². The number of carbonyl (C=O) groups excluding carboxylic acids is 3. The van der Waals surface area contributed by atoms with E-state index in [-0.39, 0.29) is 18.7 Å². The van der Waals surface area contributed by atoms with Gasteiger partial charge in [-0.1, -0.05) is 12.1 Å². The molecule has 0 aliphatic carbocycles. The molecule has 0 radical (unpaired) electrons. The maximum absolute atomic E-state index is 12.3. The maximum atomic E-state index is 12.3. The molecule has 0 saturated heterocycles. The number of benzene rings is 1. The van der Waals surface area contributed by atoms with Crippen molar-refractivity contribution in [2.75, 3.05) is 20.3 Å². The Labute approximate surface area is 164 Å². The lowest BCUT2D eigenvalue weighted by molar-refractivity contribution is -0.143. The molecule has 0 spiro atoms. The van der Waals surface area contributed by atoms with Crippen LogP contribution in [0.2, 0.25) is 0 Å². The summed E-state index contributed by atoms with van der Waals surface area (Å²) in [7, 11) is 1.28. The van der Waals surface area contributed by atoms with E-state index in [1.54, 1.807) is 13.8 Å². The number of hydrogen-bond donors (Lipinski definition) is 1. The van der Waals surface area contributed by atoms with Gasteiger partial charge >= 0.3 is 11.9 Å². The van der Waals surface area contributed by atoms with Gasteiger partial charge in [-0.15, -0.1) is 0 Å². The predicted octanol–water partition coefficient (Wildman–Crippen LogP) is 3.23. The van der Waals surface area contributed by atoms with Crippen LogP contribution in [0, 0.1) is 27.7 Å². The van der Waals surface area contributed by atoms with Crippen molar-refractivity contribution >= 4 is 17.7 Å². The van der Waals surface area contributed by atoms with Crippen LogP contribution in [0.25, 0.3) is 0 Å². The average Bonchev–Trinajstić information content (AvgIpc) is 2.96. The number of nitrogens with one attached hydrogen (secondary N) is 1. The number of rotatable bonds is 8. The van der Waals surface area contributed by atoms with Crippen molar-refractivity contribution in [1.82, 2.24) is 4.98 Å². The largest absolute Gasteiger partial charge is 0.493 e. The zero-order valence-corrected chi connectivity index (χ0v) is 16.8. The summed E-state index contributed by atoms with van der Waals surface area (Å²) >= 11 is 0. The fourth-order valence-corrected chi connectivity index (χ4v) is 2.83. The molecule has 0 atom stereocenters. The Hall–Kier alpha value is -3.09. The molecule has 7 heteroatoms. The van der Waals surface area contributed by atoms with Gasteiger partial charge < -0.3 is 19.2 Å². The van der Waals surface area contributed by atoms with Crippen molar-refractivity contribution < 1.29 is 28.6 Å². The zero-order valence-electron chi connectivity index (χ0n) is 16.8. The Balaban J connectivity index is 1.87. The molecular weight excluding hydrogens is 362 g/mol. The first kappa shape index (κ1) is 21.2. The summed E-state index contributed by atoms with van der Waals surface area (Å²) in [5.41, 5.74) is 3.60. The first-order chi connectivity index (χ1) is 13.2. The molecule has 7 nitrogen and oxygen atoms in total. The van der Waals surface area contributed by atoms with Crippen molar-refractivity contribution in [2.45, 2.75) is 34.1 Å². The fraction of sp³-hybridized carbons (Fsp3) is 0.381. The fourth-order valence-electron chi connectivity index (χ4n) is 2.83. The number of carbonyl (C=O) groups is 3. The van der Waals surface area contributed by atoms with Crippen molar-refractivity contribution in [2.24, 2.45) is 0 Å². The highest BCUT2D eigenvalue weighted by atomic mass is 16.5. The third-order valence-electron chi connectivity index (χ3n) is 4.38. The van der Waals surface area contributed by atoms with E-state index in [2.05, 4.69) is 4.98 Å². The predicted molar refractivity (Wildman–Crippen MR) is 103 cm³/mol. The first-order valence-electron chi connectivity index (χ1n) is 8.91. The van der Waals surface area contributed by atoms with E-state index >= 15 is 0 Å². The Kier molecular flexibility index (Phi) is 6.98. The number of Topliss-reactive ketones (excluding diaryl/α,β-unsaturated/α-hetero) is 1. The molecule has 0 aliphatic heterocycles. The van der Waals surface area contributed by atoms with Crippen molar-refractivity contribution in [3.63, 3.8) is 0 Å². The van der Waals surface area contributed by atoms with Gasteiger partial charge in [0.25, 0.3) is 0 Å². The second kappa shape index (κ2) is 9.21. The monoisotopic (exact) mass is 387 g/mol. The van der Waals surface area contributed by atoms with E-state index in [4.69, 9.17) is 14.2 Å². The van der Waals surface area contributed by atoms with Crippen LogP contribution in [0.4, 0.5) is 0 Å². The van der Waals surface area contributed by atoms with Crippen molar-refractivity contribution in [3.8, 4) is 5.75 Å². The molecular formula is C21H25NO6. The number of aromatic amines is 1. The lowest BCUT2D eigenvalue weighted by Gasteiger charge is -2.10. The van der Waals surface area contributed by atoms with E-state index in [9.17, 15) is 14.4 Å². The van der Waals surface area contributed by atoms with Crippen LogP contribution in [-0.4, -0.2) is 43.0 Å². The van der Waals surface area contributed by atoms with Gasteiger partial charge in [0.15, 0.2) is 6.61 Å². The number of aryl methyl sites for hydroxylation is 3. The Morgan fingerprint density at radius 1 is 1.07 bits per heavy atom. The number of hydrogen-bond acceptors (Lipinski definition) is 6. The number of aromatic nitrogens is 1. The third-order valence-corrected chi connectivity index (χ3v) is 4.38. The molecule has 0 fully saturated rings. The van der Waals surface area contributed by atoms with Crippen LogP contribution >= 0.6 is 0 Å². The molecule has 0 aliphatic rings. The molecule has 2 aromatic rings. The molecule has 0 amide bonds. The minimum atomic E-state index is -0.534. The molecule has 1 aromatic heterocycles. The third kappa shape index (κ3) is 5.00. The smallest absolute Gasteiger partial charge is 0.339 e. The van der Waals surface area contributed by atoms with Gasteiger partial charge in [-0.25, -0.2) is 4.79 Å². The zero-order chi connectivity index (χ0) is 20.8. The van der Waals surface area contributed by atoms with Gasteiger partial charge in [0, 0.05) is 5.69 Å². The first-order valence-corrected chi connectivity index (χ1v) is 8.91. The normalized spacial score (nSPS) is 10.5. The van der Waals surface area contributed by atoms with Gasteiger partial charge in [-0.05, 0) is 50.5 Å². The average molecular weight is 387 g/mol. The molecule has 1 N–H and O–H groups in total. The molecule has 1 aromatic carbocycles. The molecule has 0 saturated carbocycles. The van der Waals surface area contributed by atoms with E-state index in [1.165, 1.54) is 7.11 Å². The number of H-pyrrole nitrogens is 1. The highest BCUT2D eigenvalue weighted by Crippen LogP contribution is 2.20. The summed E-state index contributed by atoms with van der Waals surface area (Å²) in [6.07, 6.45) is 0.0246. The topological polar surface area (TPSA) is 94.7 Å². The molecule has 2 rings (SSSR count). The maximum Gasteiger partial charge on any atom is 0.339 e. The SMILES string of the molecule is COC(=O)c1c(C)[nH]c(C(=O)COC(=O)CCOc2cc(C)ccc2C)c1C.